The van der Waals surface area contributed by atoms with Crippen LogP contribution in [0.5, 0.6) is 0 Å². The van der Waals surface area contributed by atoms with Crippen LogP contribution >= 0.6 is 0 Å². The van der Waals surface area contributed by atoms with E-state index in [9.17, 15) is 0 Å². The van der Waals surface area contributed by atoms with Gasteiger partial charge >= 0.3 is 0 Å². The first kappa shape index (κ1) is 12.5. The highest BCUT2D eigenvalue weighted by molar-refractivity contribution is 5.45. The predicted octanol–water partition coefficient (Wildman–Crippen LogP) is 3.17. The van der Waals surface area contributed by atoms with Gasteiger partial charge in [0.05, 0.1) is 5.69 Å². The lowest BCUT2D eigenvalue weighted by molar-refractivity contribution is 0.334. The van der Waals surface area contributed by atoms with E-state index in [0.29, 0.717) is 5.41 Å². The third-order valence-corrected chi connectivity index (χ3v) is 4.20. The summed E-state index contributed by atoms with van der Waals surface area (Å²) in [5.41, 5.74) is 8.83. The van der Waals surface area contributed by atoms with E-state index in [1.807, 2.05) is 11.7 Å². The zero-order chi connectivity index (χ0) is 12.6. The summed E-state index contributed by atoms with van der Waals surface area (Å²) in [5.74, 6) is 1.55. The van der Waals surface area contributed by atoms with Crippen LogP contribution in [0.25, 0.3) is 0 Å². The molecule has 1 heterocycles. The fourth-order valence-corrected chi connectivity index (χ4v) is 3.52. The van der Waals surface area contributed by atoms with Crippen LogP contribution in [0.1, 0.15) is 57.2 Å². The number of aryl methyl sites for hydroxylation is 1. The Hall–Kier alpha value is -0.990. The Morgan fingerprint density at radius 1 is 1.35 bits per heavy atom. The highest BCUT2D eigenvalue weighted by Gasteiger charge is 2.39. The second-order valence-corrected chi connectivity index (χ2v) is 6.07. The third-order valence-electron chi connectivity index (χ3n) is 4.20. The molecule has 1 aromatic heterocycles. The van der Waals surface area contributed by atoms with Gasteiger partial charge in [0.25, 0.3) is 0 Å². The molecule has 0 amide bonds. The average molecular weight is 235 g/mol. The first-order chi connectivity index (χ1) is 7.96. The van der Waals surface area contributed by atoms with Gasteiger partial charge in [0, 0.05) is 18.0 Å². The fourth-order valence-electron chi connectivity index (χ4n) is 3.52. The molecule has 1 saturated carbocycles. The summed E-state index contributed by atoms with van der Waals surface area (Å²) >= 11 is 0. The van der Waals surface area contributed by atoms with Gasteiger partial charge in [-0.15, -0.1) is 0 Å². The summed E-state index contributed by atoms with van der Waals surface area (Å²) in [4.78, 5) is 0. The van der Waals surface area contributed by atoms with Crippen molar-refractivity contribution in [3.8, 4) is 0 Å². The van der Waals surface area contributed by atoms with E-state index in [4.69, 9.17) is 10.8 Å². The molecule has 2 N–H and O–H groups in total. The number of anilines is 1. The molecular formula is C14H25N3. The molecule has 0 unspecified atom stereocenters. The lowest BCUT2D eigenvalue weighted by atomic mass is 9.75. The highest BCUT2D eigenvalue weighted by atomic mass is 15.3. The lowest BCUT2D eigenvalue weighted by Crippen LogP contribution is -2.26. The molecule has 17 heavy (non-hydrogen) atoms. The second-order valence-electron chi connectivity index (χ2n) is 6.07. The minimum Gasteiger partial charge on any atom is -0.384 e. The Kier molecular flexibility index (Phi) is 3.19. The normalized spacial score (nSPS) is 19.1. The molecule has 96 valence electrons. The smallest absolute Gasteiger partial charge is 0.124 e. The van der Waals surface area contributed by atoms with Gasteiger partial charge < -0.3 is 5.73 Å². The number of rotatable bonds is 3. The molecular weight excluding hydrogens is 210 g/mol. The number of hydrogen-bond donors (Lipinski definition) is 1. The van der Waals surface area contributed by atoms with Crippen LogP contribution in [0.15, 0.2) is 0 Å². The monoisotopic (exact) mass is 235 g/mol. The van der Waals surface area contributed by atoms with Crippen molar-refractivity contribution in [1.82, 2.24) is 9.78 Å². The first-order valence-corrected chi connectivity index (χ1v) is 6.76. The van der Waals surface area contributed by atoms with Crippen molar-refractivity contribution in [3.05, 3.63) is 11.3 Å². The van der Waals surface area contributed by atoms with Gasteiger partial charge in [-0.05, 0) is 32.1 Å². The maximum Gasteiger partial charge on any atom is 0.124 e. The molecule has 0 aromatic carbocycles. The highest BCUT2D eigenvalue weighted by Crippen LogP contribution is 2.46. The number of hydrogen-bond acceptors (Lipinski definition) is 2. The Morgan fingerprint density at radius 3 is 2.35 bits per heavy atom. The molecule has 3 nitrogen and oxygen atoms in total. The van der Waals surface area contributed by atoms with Crippen LogP contribution in [0.4, 0.5) is 5.82 Å². The topological polar surface area (TPSA) is 43.8 Å². The van der Waals surface area contributed by atoms with Crippen LogP contribution < -0.4 is 5.73 Å². The third kappa shape index (κ3) is 2.07. The molecule has 3 heteroatoms. The molecule has 0 radical (unpaired) electrons. The SMILES string of the molecule is Cc1c(C2(CC(C)C)CCCC2)nn(C)c1N. The van der Waals surface area contributed by atoms with E-state index in [1.54, 1.807) is 0 Å². The zero-order valence-corrected chi connectivity index (χ0v) is 11.6. The predicted molar refractivity (Wildman–Crippen MR) is 72.0 cm³/mol. The summed E-state index contributed by atoms with van der Waals surface area (Å²) < 4.78 is 1.84. The second kappa shape index (κ2) is 4.35. The van der Waals surface area contributed by atoms with Crippen molar-refractivity contribution < 1.29 is 0 Å². The zero-order valence-electron chi connectivity index (χ0n) is 11.6. The number of nitrogens with zero attached hydrogens (tertiary/aromatic N) is 2. The van der Waals surface area contributed by atoms with Gasteiger partial charge in [0.15, 0.2) is 0 Å². The summed E-state index contributed by atoms with van der Waals surface area (Å²) in [6.45, 7) is 6.74. The van der Waals surface area contributed by atoms with E-state index in [0.717, 1.165) is 11.7 Å². The average Bonchev–Trinajstić information content (AvgIpc) is 2.80. The van der Waals surface area contributed by atoms with Crippen LogP contribution in [-0.4, -0.2) is 9.78 Å². The van der Waals surface area contributed by atoms with Crippen molar-refractivity contribution in [2.75, 3.05) is 5.73 Å². The van der Waals surface area contributed by atoms with Crippen molar-refractivity contribution in [2.45, 2.75) is 58.3 Å². The molecule has 2 rings (SSSR count). The van der Waals surface area contributed by atoms with E-state index >= 15 is 0 Å². The molecule has 0 aliphatic heterocycles. The van der Waals surface area contributed by atoms with E-state index in [2.05, 4.69) is 20.8 Å². The Morgan fingerprint density at radius 2 is 1.94 bits per heavy atom. The van der Waals surface area contributed by atoms with E-state index < -0.39 is 0 Å². The Labute approximate surface area is 104 Å². The Balaban J connectivity index is 2.42. The molecule has 1 aliphatic carbocycles. The fraction of sp³-hybridized carbons (Fsp3) is 0.786. The minimum atomic E-state index is 0.299. The molecule has 0 spiro atoms. The van der Waals surface area contributed by atoms with Crippen molar-refractivity contribution in [1.29, 1.82) is 0 Å². The molecule has 1 aliphatic rings. The van der Waals surface area contributed by atoms with Gasteiger partial charge in [-0.1, -0.05) is 26.7 Å². The maximum absolute atomic E-state index is 6.06. The van der Waals surface area contributed by atoms with Gasteiger partial charge in [-0.2, -0.15) is 5.10 Å². The largest absolute Gasteiger partial charge is 0.384 e. The van der Waals surface area contributed by atoms with E-state index in [1.165, 1.54) is 43.4 Å². The number of nitrogen functional groups attached to an aromatic ring is 1. The van der Waals surface area contributed by atoms with Crippen molar-refractivity contribution in [3.63, 3.8) is 0 Å². The number of aromatic nitrogens is 2. The summed E-state index contributed by atoms with van der Waals surface area (Å²) in [6, 6.07) is 0. The standard InChI is InChI=1S/C14H25N3/c1-10(2)9-14(7-5-6-8-14)12-11(3)13(15)17(4)16-12/h10H,5-9,15H2,1-4H3. The summed E-state index contributed by atoms with van der Waals surface area (Å²) in [6.07, 6.45) is 6.47. The molecule has 0 bridgehead atoms. The van der Waals surface area contributed by atoms with Crippen LogP contribution in [0, 0.1) is 12.8 Å². The van der Waals surface area contributed by atoms with Crippen molar-refractivity contribution >= 4 is 5.82 Å². The van der Waals surface area contributed by atoms with Crippen LogP contribution in [0.3, 0.4) is 0 Å². The van der Waals surface area contributed by atoms with Gasteiger partial charge in [0.2, 0.25) is 0 Å². The molecule has 0 atom stereocenters. The summed E-state index contributed by atoms with van der Waals surface area (Å²) in [7, 11) is 1.95. The Bertz CT molecular complexity index is 398. The van der Waals surface area contributed by atoms with Crippen molar-refractivity contribution in [2.24, 2.45) is 13.0 Å². The minimum absolute atomic E-state index is 0.299. The van der Waals surface area contributed by atoms with Gasteiger partial charge in [-0.25, -0.2) is 0 Å². The molecule has 0 saturated heterocycles. The molecule has 1 aromatic rings. The van der Waals surface area contributed by atoms with Crippen LogP contribution in [-0.2, 0) is 12.5 Å². The maximum atomic E-state index is 6.06. The van der Waals surface area contributed by atoms with Gasteiger partial charge in [-0.3, -0.25) is 4.68 Å². The van der Waals surface area contributed by atoms with Gasteiger partial charge in [0.1, 0.15) is 5.82 Å². The molecule has 1 fully saturated rings. The quantitative estimate of drug-likeness (QED) is 0.874. The van der Waals surface area contributed by atoms with Crippen LogP contribution in [0.2, 0.25) is 0 Å². The first-order valence-electron chi connectivity index (χ1n) is 6.76. The summed E-state index contributed by atoms with van der Waals surface area (Å²) in [5, 5.41) is 4.71. The van der Waals surface area contributed by atoms with E-state index in [-0.39, 0.29) is 0 Å². The lowest BCUT2D eigenvalue weighted by Gasteiger charge is -2.30. The number of nitrogens with two attached hydrogens (primary N) is 1.